The Hall–Kier alpha value is -2.05. The van der Waals surface area contributed by atoms with E-state index in [9.17, 15) is 9.18 Å². The number of benzene rings is 1. The summed E-state index contributed by atoms with van der Waals surface area (Å²) in [6.07, 6.45) is 2.17. The van der Waals surface area contributed by atoms with Gasteiger partial charge in [-0.1, -0.05) is 12.1 Å². The van der Waals surface area contributed by atoms with Crippen LogP contribution in [-0.2, 0) is 0 Å². The Morgan fingerprint density at radius 2 is 2.12 bits per heavy atom. The molecule has 3 aromatic rings. The van der Waals surface area contributed by atoms with Gasteiger partial charge >= 0.3 is 0 Å². The number of nitrogens with one attached hydrogen (secondary N) is 1. The Morgan fingerprint density at radius 1 is 1.33 bits per heavy atom. The van der Waals surface area contributed by atoms with Crippen LogP contribution in [0.3, 0.4) is 0 Å². The van der Waals surface area contributed by atoms with Gasteiger partial charge in [-0.15, -0.1) is 11.3 Å². The minimum absolute atomic E-state index is 0.108. The first kappa shape index (κ1) is 15.5. The summed E-state index contributed by atoms with van der Waals surface area (Å²) in [7, 11) is 2.10. The third-order valence-corrected chi connectivity index (χ3v) is 5.50. The second-order valence-electron chi connectivity index (χ2n) is 6.39. The van der Waals surface area contributed by atoms with Gasteiger partial charge in [-0.3, -0.25) is 4.79 Å². The van der Waals surface area contributed by atoms with Crippen molar-refractivity contribution in [3.8, 4) is 11.1 Å². The van der Waals surface area contributed by atoms with Gasteiger partial charge in [0, 0.05) is 23.4 Å². The molecular formula is C18H18FN3OS. The van der Waals surface area contributed by atoms with E-state index in [4.69, 9.17) is 4.98 Å². The van der Waals surface area contributed by atoms with Crippen LogP contribution in [0, 0.1) is 5.82 Å². The maximum Gasteiger partial charge on any atom is 0.260 e. The van der Waals surface area contributed by atoms with Gasteiger partial charge in [-0.25, -0.2) is 9.37 Å². The van der Waals surface area contributed by atoms with Crippen molar-refractivity contribution >= 4 is 21.6 Å². The Labute approximate surface area is 143 Å². The van der Waals surface area contributed by atoms with Gasteiger partial charge in [0.05, 0.1) is 5.39 Å². The number of piperidine rings is 1. The van der Waals surface area contributed by atoms with Gasteiger partial charge in [0.2, 0.25) is 0 Å². The van der Waals surface area contributed by atoms with E-state index in [2.05, 4.69) is 16.9 Å². The summed E-state index contributed by atoms with van der Waals surface area (Å²) in [5.41, 5.74) is 1.54. The largest absolute Gasteiger partial charge is 0.310 e. The topological polar surface area (TPSA) is 49.0 Å². The summed E-state index contributed by atoms with van der Waals surface area (Å²) in [5.74, 6) is 0.776. The van der Waals surface area contributed by atoms with Gasteiger partial charge in [0.1, 0.15) is 16.5 Å². The number of fused-ring (bicyclic) bond motifs is 1. The molecule has 1 saturated heterocycles. The van der Waals surface area contributed by atoms with Crippen LogP contribution in [0.4, 0.5) is 4.39 Å². The number of nitrogens with zero attached hydrogens (tertiary/aromatic N) is 2. The highest BCUT2D eigenvalue weighted by molar-refractivity contribution is 7.17. The number of aromatic amines is 1. The monoisotopic (exact) mass is 343 g/mol. The molecule has 0 radical (unpaired) electrons. The minimum atomic E-state index is -0.283. The quantitative estimate of drug-likeness (QED) is 0.773. The average molecular weight is 343 g/mol. The third kappa shape index (κ3) is 2.76. The van der Waals surface area contributed by atoms with Crippen molar-refractivity contribution in [2.75, 3.05) is 20.1 Å². The van der Waals surface area contributed by atoms with Crippen molar-refractivity contribution in [2.24, 2.45) is 0 Å². The highest BCUT2D eigenvalue weighted by atomic mass is 32.1. The minimum Gasteiger partial charge on any atom is -0.310 e. The van der Waals surface area contributed by atoms with Crippen molar-refractivity contribution in [2.45, 2.75) is 18.8 Å². The highest BCUT2D eigenvalue weighted by Crippen LogP contribution is 2.32. The first-order valence-electron chi connectivity index (χ1n) is 8.08. The Kier molecular flexibility index (Phi) is 3.94. The van der Waals surface area contributed by atoms with E-state index in [-0.39, 0.29) is 17.3 Å². The highest BCUT2D eigenvalue weighted by Gasteiger charge is 2.22. The van der Waals surface area contributed by atoms with E-state index in [1.807, 2.05) is 5.38 Å². The number of halogens is 1. The maximum atomic E-state index is 13.1. The van der Waals surface area contributed by atoms with E-state index < -0.39 is 0 Å². The zero-order valence-corrected chi connectivity index (χ0v) is 14.2. The molecule has 2 aromatic heterocycles. The molecule has 24 heavy (non-hydrogen) atoms. The van der Waals surface area contributed by atoms with E-state index in [1.165, 1.54) is 23.5 Å². The zero-order valence-electron chi connectivity index (χ0n) is 13.4. The fourth-order valence-corrected chi connectivity index (χ4v) is 4.35. The van der Waals surface area contributed by atoms with E-state index >= 15 is 0 Å². The van der Waals surface area contributed by atoms with Crippen LogP contribution in [0.5, 0.6) is 0 Å². The molecule has 0 amide bonds. The summed E-state index contributed by atoms with van der Waals surface area (Å²) in [6.45, 7) is 2.02. The maximum absolute atomic E-state index is 13.1. The number of hydrogen-bond acceptors (Lipinski definition) is 4. The number of H-pyrrole nitrogens is 1. The summed E-state index contributed by atoms with van der Waals surface area (Å²) in [6, 6.07) is 6.21. The molecule has 1 fully saturated rings. The molecule has 1 aromatic carbocycles. The van der Waals surface area contributed by atoms with Crippen LogP contribution in [-0.4, -0.2) is 35.0 Å². The Morgan fingerprint density at radius 3 is 2.88 bits per heavy atom. The van der Waals surface area contributed by atoms with Crippen molar-refractivity contribution in [3.05, 3.63) is 51.6 Å². The summed E-state index contributed by atoms with van der Waals surface area (Å²) >= 11 is 1.47. The second-order valence-corrected chi connectivity index (χ2v) is 7.25. The van der Waals surface area contributed by atoms with Gasteiger partial charge in [-0.05, 0) is 44.1 Å². The third-order valence-electron chi connectivity index (χ3n) is 4.63. The molecule has 0 saturated carbocycles. The molecule has 124 valence electrons. The molecule has 1 N–H and O–H groups in total. The zero-order chi connectivity index (χ0) is 16.7. The van der Waals surface area contributed by atoms with Crippen LogP contribution in [0.1, 0.15) is 24.6 Å². The fraction of sp³-hybridized carbons (Fsp3) is 0.333. The Balaban J connectivity index is 1.78. The Bertz CT molecular complexity index is 932. The van der Waals surface area contributed by atoms with Crippen LogP contribution in [0.2, 0.25) is 0 Å². The summed E-state index contributed by atoms with van der Waals surface area (Å²) in [4.78, 5) is 23.4. The molecule has 6 heteroatoms. The lowest BCUT2D eigenvalue weighted by Gasteiger charge is -2.28. The number of thiophene rings is 1. The number of hydrogen-bond donors (Lipinski definition) is 1. The average Bonchev–Trinajstić information content (AvgIpc) is 3.00. The number of aromatic nitrogens is 2. The normalized spacial score (nSPS) is 19.0. The van der Waals surface area contributed by atoms with Gasteiger partial charge in [-0.2, -0.15) is 0 Å². The molecule has 3 heterocycles. The van der Waals surface area contributed by atoms with Crippen LogP contribution < -0.4 is 5.56 Å². The molecule has 0 spiro atoms. The molecule has 1 aliphatic rings. The molecule has 4 rings (SSSR count). The molecule has 1 aliphatic heterocycles. The molecule has 1 unspecified atom stereocenters. The number of likely N-dealkylation sites (N-methyl/N-ethyl adjacent to an activating group) is 1. The molecular weight excluding hydrogens is 325 g/mol. The first-order valence-corrected chi connectivity index (χ1v) is 8.95. The molecule has 1 atom stereocenters. The molecule has 0 aliphatic carbocycles. The van der Waals surface area contributed by atoms with Gasteiger partial charge < -0.3 is 9.88 Å². The van der Waals surface area contributed by atoms with Crippen molar-refractivity contribution in [3.63, 3.8) is 0 Å². The number of rotatable bonds is 2. The SMILES string of the molecule is CN1CCCC(c2nc3scc(-c4ccc(F)cc4)c3c(=O)[nH]2)C1. The van der Waals surface area contributed by atoms with Crippen molar-refractivity contribution in [1.82, 2.24) is 14.9 Å². The predicted molar refractivity (Wildman–Crippen MR) is 95.1 cm³/mol. The summed E-state index contributed by atoms with van der Waals surface area (Å²) in [5, 5.41) is 2.52. The van der Waals surface area contributed by atoms with Crippen LogP contribution in [0.25, 0.3) is 21.3 Å². The fourth-order valence-electron chi connectivity index (χ4n) is 3.39. The molecule has 4 nitrogen and oxygen atoms in total. The van der Waals surface area contributed by atoms with E-state index in [0.717, 1.165) is 47.7 Å². The second kappa shape index (κ2) is 6.11. The van der Waals surface area contributed by atoms with Gasteiger partial charge in [0.25, 0.3) is 5.56 Å². The van der Waals surface area contributed by atoms with Crippen molar-refractivity contribution < 1.29 is 4.39 Å². The van der Waals surface area contributed by atoms with E-state index in [0.29, 0.717) is 5.39 Å². The molecule has 0 bridgehead atoms. The standard InChI is InChI=1S/C18H18FN3OS/c1-22-8-2-3-12(9-22)16-20-17(23)15-14(10-24-18(15)21-16)11-4-6-13(19)7-5-11/h4-7,10,12H,2-3,8-9H2,1H3,(H,20,21,23). The number of likely N-dealkylation sites (tertiary alicyclic amines) is 1. The van der Waals surface area contributed by atoms with Crippen LogP contribution >= 0.6 is 11.3 Å². The first-order chi connectivity index (χ1) is 11.6. The lowest BCUT2D eigenvalue weighted by atomic mass is 9.97. The summed E-state index contributed by atoms with van der Waals surface area (Å²) < 4.78 is 13.1. The van der Waals surface area contributed by atoms with E-state index in [1.54, 1.807) is 12.1 Å². The van der Waals surface area contributed by atoms with Crippen molar-refractivity contribution in [1.29, 1.82) is 0 Å². The lowest BCUT2D eigenvalue weighted by Crippen LogP contribution is -2.32. The van der Waals surface area contributed by atoms with Gasteiger partial charge in [0.15, 0.2) is 0 Å². The predicted octanol–water partition coefficient (Wildman–Crippen LogP) is 3.60. The van der Waals surface area contributed by atoms with Crippen LogP contribution in [0.15, 0.2) is 34.4 Å². The smallest absolute Gasteiger partial charge is 0.260 e. The lowest BCUT2D eigenvalue weighted by molar-refractivity contribution is 0.246.